The van der Waals surface area contributed by atoms with E-state index in [1.165, 1.54) is 0 Å². The highest BCUT2D eigenvalue weighted by molar-refractivity contribution is 5.53. The van der Waals surface area contributed by atoms with Gasteiger partial charge in [-0.1, -0.05) is 0 Å². The van der Waals surface area contributed by atoms with E-state index in [0.717, 1.165) is 31.5 Å². The molecule has 2 rings (SSSR count). The van der Waals surface area contributed by atoms with Crippen LogP contribution in [0.5, 0.6) is 0 Å². The van der Waals surface area contributed by atoms with Gasteiger partial charge in [0.05, 0.1) is 11.8 Å². The maximum absolute atomic E-state index is 9.41. The van der Waals surface area contributed by atoms with E-state index >= 15 is 0 Å². The molecule has 0 aliphatic heterocycles. The van der Waals surface area contributed by atoms with Crippen LogP contribution in [0.25, 0.3) is 0 Å². The third-order valence-corrected chi connectivity index (χ3v) is 3.01. The summed E-state index contributed by atoms with van der Waals surface area (Å²) in [6.45, 7) is 0.803. The predicted octanol–water partition coefficient (Wildman–Crippen LogP) is 1.53. The van der Waals surface area contributed by atoms with Gasteiger partial charge in [0.1, 0.15) is 6.07 Å². The maximum atomic E-state index is 9.41. The van der Waals surface area contributed by atoms with Gasteiger partial charge in [-0.3, -0.25) is 0 Å². The molecule has 1 heterocycles. The molecular weight excluding hydrogens is 202 g/mol. The molecule has 1 fully saturated rings. The van der Waals surface area contributed by atoms with Gasteiger partial charge < -0.3 is 10.4 Å². The Morgan fingerprint density at radius 2 is 2.44 bits per heavy atom. The van der Waals surface area contributed by atoms with Crippen molar-refractivity contribution in [3.63, 3.8) is 0 Å². The van der Waals surface area contributed by atoms with E-state index in [2.05, 4.69) is 16.4 Å². The molecule has 2 atom stereocenters. The van der Waals surface area contributed by atoms with Gasteiger partial charge in [0, 0.05) is 12.7 Å². The molecule has 0 radical (unpaired) electrons. The fraction of sp³-hybridized carbons (Fsp3) is 0.500. The Morgan fingerprint density at radius 3 is 3.12 bits per heavy atom. The highest BCUT2D eigenvalue weighted by Gasteiger charge is 2.22. The van der Waals surface area contributed by atoms with Gasteiger partial charge in [0.2, 0.25) is 0 Å². The summed E-state index contributed by atoms with van der Waals surface area (Å²) in [5.74, 6) is 0.502. The molecule has 0 bridgehead atoms. The molecule has 0 aromatic carbocycles. The summed E-state index contributed by atoms with van der Waals surface area (Å²) in [5, 5.41) is 21.5. The number of aliphatic hydroxyl groups excluding tert-OH is 1. The summed E-state index contributed by atoms with van der Waals surface area (Å²) in [4.78, 5) is 3.98. The average Bonchev–Trinajstić information content (AvgIpc) is 2.73. The van der Waals surface area contributed by atoms with Crippen LogP contribution in [0.3, 0.4) is 0 Å². The molecular formula is C12H15N3O. The minimum atomic E-state index is -0.142. The van der Waals surface area contributed by atoms with Crippen LogP contribution in [0, 0.1) is 17.2 Å². The number of anilines is 1. The number of hydrogen-bond acceptors (Lipinski definition) is 4. The summed E-state index contributed by atoms with van der Waals surface area (Å²) in [5.41, 5.74) is 1.22. The van der Waals surface area contributed by atoms with Crippen molar-refractivity contribution in [2.45, 2.75) is 25.4 Å². The third-order valence-electron chi connectivity index (χ3n) is 3.01. The average molecular weight is 217 g/mol. The Morgan fingerprint density at radius 1 is 1.56 bits per heavy atom. The van der Waals surface area contributed by atoms with Crippen molar-refractivity contribution in [2.24, 2.45) is 5.92 Å². The minimum absolute atomic E-state index is 0.142. The highest BCUT2D eigenvalue weighted by Crippen LogP contribution is 2.25. The lowest BCUT2D eigenvalue weighted by molar-refractivity contribution is 0.178. The smallest absolute Gasteiger partial charge is 0.163 e. The van der Waals surface area contributed by atoms with Crippen molar-refractivity contribution in [3.05, 3.63) is 24.0 Å². The normalized spacial score (nSPS) is 24.0. The fourth-order valence-corrected chi connectivity index (χ4v) is 2.13. The maximum Gasteiger partial charge on any atom is 0.163 e. The largest absolute Gasteiger partial charge is 0.393 e. The first-order valence-corrected chi connectivity index (χ1v) is 5.56. The zero-order valence-electron chi connectivity index (χ0n) is 9.06. The van der Waals surface area contributed by atoms with E-state index in [-0.39, 0.29) is 6.10 Å². The first kappa shape index (κ1) is 10.9. The van der Waals surface area contributed by atoms with E-state index in [4.69, 9.17) is 5.26 Å². The van der Waals surface area contributed by atoms with Crippen LogP contribution in [0.2, 0.25) is 0 Å². The molecule has 4 heteroatoms. The molecule has 1 aromatic rings. The molecule has 0 spiro atoms. The highest BCUT2D eigenvalue weighted by atomic mass is 16.3. The van der Waals surface area contributed by atoms with Gasteiger partial charge in [0.25, 0.3) is 0 Å². The Labute approximate surface area is 94.9 Å². The second-order valence-corrected chi connectivity index (χ2v) is 4.23. The Balaban J connectivity index is 1.92. The van der Waals surface area contributed by atoms with Gasteiger partial charge in [-0.05, 0) is 37.3 Å². The number of aromatic nitrogens is 1. The van der Waals surface area contributed by atoms with E-state index in [0.29, 0.717) is 11.6 Å². The van der Waals surface area contributed by atoms with Crippen LogP contribution in [0.4, 0.5) is 5.69 Å². The zero-order valence-corrected chi connectivity index (χ0v) is 9.06. The van der Waals surface area contributed by atoms with Crippen LogP contribution >= 0.6 is 0 Å². The van der Waals surface area contributed by atoms with Gasteiger partial charge in [-0.2, -0.15) is 5.26 Å². The molecule has 16 heavy (non-hydrogen) atoms. The number of nitrogens with one attached hydrogen (secondary N) is 1. The topological polar surface area (TPSA) is 68.9 Å². The van der Waals surface area contributed by atoms with Gasteiger partial charge in [-0.15, -0.1) is 0 Å². The second kappa shape index (κ2) is 4.95. The van der Waals surface area contributed by atoms with E-state index in [9.17, 15) is 5.11 Å². The molecule has 4 nitrogen and oxygen atoms in total. The Bertz CT molecular complexity index is 399. The quantitative estimate of drug-likeness (QED) is 0.805. The van der Waals surface area contributed by atoms with Crippen molar-refractivity contribution in [1.29, 1.82) is 5.26 Å². The predicted molar refractivity (Wildman–Crippen MR) is 60.8 cm³/mol. The number of rotatable bonds is 3. The minimum Gasteiger partial charge on any atom is -0.393 e. The summed E-state index contributed by atoms with van der Waals surface area (Å²) in [6, 6.07) is 5.73. The molecule has 2 unspecified atom stereocenters. The molecule has 1 saturated carbocycles. The fourth-order valence-electron chi connectivity index (χ4n) is 2.13. The van der Waals surface area contributed by atoms with Crippen molar-refractivity contribution >= 4 is 5.69 Å². The molecule has 84 valence electrons. The summed E-state index contributed by atoms with van der Waals surface area (Å²) in [6.07, 6.45) is 4.27. The van der Waals surface area contributed by atoms with Crippen molar-refractivity contribution in [1.82, 2.24) is 4.98 Å². The summed E-state index contributed by atoms with van der Waals surface area (Å²) in [7, 11) is 0. The Kier molecular flexibility index (Phi) is 3.37. The zero-order chi connectivity index (χ0) is 11.4. The van der Waals surface area contributed by atoms with Gasteiger partial charge in [-0.25, -0.2) is 4.98 Å². The number of hydrogen-bond donors (Lipinski definition) is 2. The summed E-state index contributed by atoms with van der Waals surface area (Å²) < 4.78 is 0. The molecule has 1 aromatic heterocycles. The molecule has 1 aliphatic rings. The Hall–Kier alpha value is -1.60. The number of pyridine rings is 1. The number of nitrogens with zero attached hydrogens (tertiary/aromatic N) is 2. The third kappa shape index (κ3) is 2.50. The van der Waals surface area contributed by atoms with Crippen molar-refractivity contribution < 1.29 is 5.11 Å². The monoisotopic (exact) mass is 217 g/mol. The lowest BCUT2D eigenvalue weighted by Crippen LogP contribution is -2.13. The first-order valence-electron chi connectivity index (χ1n) is 5.56. The lowest BCUT2D eigenvalue weighted by atomic mass is 10.1. The summed E-state index contributed by atoms with van der Waals surface area (Å²) >= 11 is 0. The molecule has 0 amide bonds. The van der Waals surface area contributed by atoms with Crippen LogP contribution in [0.15, 0.2) is 18.3 Å². The molecule has 1 aliphatic carbocycles. The van der Waals surface area contributed by atoms with Crippen molar-refractivity contribution in [3.8, 4) is 6.07 Å². The van der Waals surface area contributed by atoms with Crippen LogP contribution in [-0.4, -0.2) is 22.7 Å². The van der Waals surface area contributed by atoms with E-state index < -0.39 is 0 Å². The van der Waals surface area contributed by atoms with Crippen molar-refractivity contribution in [2.75, 3.05) is 11.9 Å². The number of nitriles is 1. The van der Waals surface area contributed by atoms with Crippen LogP contribution < -0.4 is 5.32 Å². The first-order chi connectivity index (χ1) is 7.79. The van der Waals surface area contributed by atoms with Crippen LogP contribution in [0.1, 0.15) is 25.0 Å². The SMILES string of the molecule is N#Cc1ncccc1NCC1CCC(O)C1. The standard InChI is InChI=1S/C12H15N3O/c13-7-12-11(2-1-5-14-12)15-8-9-3-4-10(16)6-9/h1-2,5,9-10,15-16H,3-4,6,8H2. The number of aliphatic hydroxyl groups is 1. The second-order valence-electron chi connectivity index (χ2n) is 4.23. The van der Waals surface area contributed by atoms with E-state index in [1.807, 2.05) is 12.1 Å². The van der Waals surface area contributed by atoms with Gasteiger partial charge in [0.15, 0.2) is 5.69 Å². The van der Waals surface area contributed by atoms with Gasteiger partial charge >= 0.3 is 0 Å². The molecule has 0 saturated heterocycles. The lowest BCUT2D eigenvalue weighted by Gasteiger charge is -2.12. The molecule has 2 N–H and O–H groups in total. The van der Waals surface area contributed by atoms with E-state index in [1.54, 1.807) is 6.20 Å². The van der Waals surface area contributed by atoms with Crippen LogP contribution in [-0.2, 0) is 0 Å².